The first kappa shape index (κ1) is 17.9. The van der Waals surface area contributed by atoms with Gasteiger partial charge in [0.1, 0.15) is 5.75 Å². The molecule has 1 N–H and O–H groups in total. The van der Waals surface area contributed by atoms with Gasteiger partial charge in [-0.1, -0.05) is 17.7 Å². The molecule has 1 atom stereocenters. The summed E-state index contributed by atoms with van der Waals surface area (Å²) in [5.41, 5.74) is -0.224. The van der Waals surface area contributed by atoms with E-state index in [0.29, 0.717) is 0 Å². The lowest BCUT2D eigenvalue weighted by Gasteiger charge is -2.31. The molecule has 0 amide bonds. The number of benzene rings is 1. The molecular formula is C12H12ClF6NO. The molecule has 1 unspecified atom stereocenters. The van der Waals surface area contributed by atoms with Crippen LogP contribution in [0.25, 0.3) is 0 Å². The highest BCUT2D eigenvalue weighted by atomic mass is 35.5. The average molecular weight is 336 g/mol. The van der Waals surface area contributed by atoms with E-state index in [9.17, 15) is 26.3 Å². The van der Waals surface area contributed by atoms with E-state index in [0.717, 1.165) is 19.2 Å². The van der Waals surface area contributed by atoms with Crippen molar-refractivity contribution in [3.8, 4) is 5.75 Å². The van der Waals surface area contributed by atoms with Crippen LogP contribution < -0.4 is 10.1 Å². The van der Waals surface area contributed by atoms with Crippen LogP contribution in [0.4, 0.5) is 26.3 Å². The predicted octanol–water partition coefficient (Wildman–Crippen LogP) is 4.35. The number of methoxy groups -OCH3 is 1. The highest BCUT2D eigenvalue weighted by molar-refractivity contribution is 6.32. The van der Waals surface area contributed by atoms with Gasteiger partial charge < -0.3 is 10.1 Å². The summed E-state index contributed by atoms with van der Waals surface area (Å²) in [6, 6.07) is 1.32. The van der Waals surface area contributed by atoms with Crippen molar-refractivity contribution in [1.29, 1.82) is 0 Å². The second kappa shape index (κ2) is 6.31. The topological polar surface area (TPSA) is 21.3 Å². The first-order chi connectivity index (χ1) is 9.52. The van der Waals surface area contributed by atoms with E-state index in [2.05, 4.69) is 5.32 Å². The molecule has 21 heavy (non-hydrogen) atoms. The largest absolute Gasteiger partial charge is 0.495 e. The van der Waals surface area contributed by atoms with Crippen LogP contribution in [0.2, 0.25) is 5.02 Å². The molecule has 0 aliphatic carbocycles. The van der Waals surface area contributed by atoms with Crippen LogP contribution in [0.3, 0.4) is 0 Å². The summed E-state index contributed by atoms with van der Waals surface area (Å²) >= 11 is 5.71. The summed E-state index contributed by atoms with van der Waals surface area (Å²) in [6.45, 7) is 0. The van der Waals surface area contributed by atoms with E-state index < -0.39 is 24.3 Å². The third kappa shape index (κ3) is 4.16. The van der Waals surface area contributed by atoms with Gasteiger partial charge in [-0.25, -0.2) is 0 Å². The summed E-state index contributed by atoms with van der Waals surface area (Å²) < 4.78 is 81.5. The second-order valence-electron chi connectivity index (χ2n) is 4.22. The maximum atomic E-state index is 12.8. The molecule has 0 bridgehead atoms. The van der Waals surface area contributed by atoms with Crippen molar-refractivity contribution in [2.24, 2.45) is 5.92 Å². The van der Waals surface area contributed by atoms with Gasteiger partial charge in [0.2, 0.25) is 0 Å². The molecule has 1 aromatic rings. The van der Waals surface area contributed by atoms with E-state index in [1.54, 1.807) is 0 Å². The Balaban J connectivity index is 3.33. The maximum Gasteiger partial charge on any atom is 0.402 e. The number of hydrogen-bond donors (Lipinski definition) is 1. The molecule has 0 spiro atoms. The van der Waals surface area contributed by atoms with Gasteiger partial charge in [0, 0.05) is 0 Å². The van der Waals surface area contributed by atoms with Crippen molar-refractivity contribution in [1.82, 2.24) is 5.32 Å². The molecule has 120 valence electrons. The van der Waals surface area contributed by atoms with Gasteiger partial charge in [-0.05, 0) is 24.7 Å². The molecule has 9 heteroatoms. The fourth-order valence-electron chi connectivity index (χ4n) is 1.96. The smallest absolute Gasteiger partial charge is 0.402 e. The lowest BCUT2D eigenvalue weighted by atomic mass is 9.91. The standard InChI is InChI=1S/C12H12ClF6NO/c1-20-9(10(11(14,15)16)12(17,18)19)6-3-4-7(13)8(5-6)21-2/h3-5,9-10,20H,1-2H3. The molecule has 0 aliphatic rings. The zero-order valence-corrected chi connectivity index (χ0v) is 11.7. The van der Waals surface area contributed by atoms with Gasteiger partial charge in [-0.2, -0.15) is 26.3 Å². The van der Waals surface area contributed by atoms with Crippen molar-refractivity contribution in [2.75, 3.05) is 14.2 Å². The van der Waals surface area contributed by atoms with Crippen LogP contribution in [0, 0.1) is 5.92 Å². The minimum atomic E-state index is -5.45. The van der Waals surface area contributed by atoms with Gasteiger partial charge in [0.05, 0.1) is 18.2 Å². The van der Waals surface area contributed by atoms with Crippen molar-refractivity contribution in [2.45, 2.75) is 18.4 Å². The van der Waals surface area contributed by atoms with Crippen LogP contribution in [0.15, 0.2) is 18.2 Å². The summed E-state index contributed by atoms with van der Waals surface area (Å²) in [5.74, 6) is -3.54. The zero-order chi connectivity index (χ0) is 16.4. The minimum absolute atomic E-state index is 0.00230. The van der Waals surface area contributed by atoms with Crippen LogP contribution in [-0.4, -0.2) is 26.5 Å². The van der Waals surface area contributed by atoms with Gasteiger partial charge in [-0.15, -0.1) is 0 Å². The van der Waals surface area contributed by atoms with Crippen molar-refractivity contribution < 1.29 is 31.1 Å². The maximum absolute atomic E-state index is 12.8. The fourth-order valence-corrected chi connectivity index (χ4v) is 2.15. The van der Waals surface area contributed by atoms with Gasteiger partial charge >= 0.3 is 12.4 Å². The zero-order valence-electron chi connectivity index (χ0n) is 10.9. The van der Waals surface area contributed by atoms with E-state index in [1.165, 1.54) is 13.2 Å². The number of rotatable bonds is 4. The van der Waals surface area contributed by atoms with E-state index >= 15 is 0 Å². The molecule has 0 fully saturated rings. The van der Waals surface area contributed by atoms with Crippen LogP contribution in [0.1, 0.15) is 11.6 Å². The highest BCUT2D eigenvalue weighted by Crippen LogP contribution is 2.47. The lowest BCUT2D eigenvalue weighted by Crippen LogP contribution is -2.45. The van der Waals surface area contributed by atoms with E-state index in [1.807, 2.05) is 0 Å². The summed E-state index contributed by atoms with van der Waals surface area (Å²) in [4.78, 5) is 0. The Bertz CT molecular complexity index is 474. The Morgan fingerprint density at radius 1 is 1.10 bits per heavy atom. The molecule has 0 saturated heterocycles. The van der Waals surface area contributed by atoms with Crippen LogP contribution in [0.5, 0.6) is 5.75 Å². The quantitative estimate of drug-likeness (QED) is 0.826. The number of halogens is 7. The Hall–Kier alpha value is -1.15. The Morgan fingerprint density at radius 3 is 2.00 bits per heavy atom. The first-order valence-electron chi connectivity index (χ1n) is 5.66. The number of alkyl halides is 6. The molecule has 0 aromatic heterocycles. The summed E-state index contributed by atoms with van der Waals surface area (Å²) in [7, 11) is 2.24. The molecule has 0 saturated carbocycles. The molecule has 1 rings (SSSR count). The van der Waals surface area contributed by atoms with Crippen molar-refractivity contribution in [3.05, 3.63) is 28.8 Å². The van der Waals surface area contributed by atoms with E-state index in [4.69, 9.17) is 16.3 Å². The van der Waals surface area contributed by atoms with Gasteiger partial charge in [0.15, 0.2) is 5.92 Å². The Morgan fingerprint density at radius 2 is 1.62 bits per heavy atom. The van der Waals surface area contributed by atoms with Crippen LogP contribution in [-0.2, 0) is 0 Å². The molecule has 0 heterocycles. The first-order valence-corrected chi connectivity index (χ1v) is 6.04. The monoisotopic (exact) mass is 335 g/mol. The highest BCUT2D eigenvalue weighted by Gasteiger charge is 2.60. The van der Waals surface area contributed by atoms with Crippen molar-refractivity contribution in [3.63, 3.8) is 0 Å². The summed E-state index contributed by atoms with van der Waals surface area (Å²) in [5, 5.41) is 2.15. The normalized spacial score (nSPS) is 14.4. The third-order valence-corrected chi connectivity index (χ3v) is 3.20. The lowest BCUT2D eigenvalue weighted by molar-refractivity contribution is -0.292. The Labute approximate surface area is 122 Å². The number of ether oxygens (including phenoxy) is 1. The van der Waals surface area contributed by atoms with Crippen molar-refractivity contribution >= 4 is 11.6 Å². The van der Waals surface area contributed by atoms with Crippen LogP contribution >= 0.6 is 11.6 Å². The number of nitrogens with one attached hydrogen (secondary N) is 1. The number of hydrogen-bond acceptors (Lipinski definition) is 2. The van der Waals surface area contributed by atoms with E-state index in [-0.39, 0.29) is 16.3 Å². The Kier molecular flexibility index (Phi) is 5.38. The molecule has 2 nitrogen and oxygen atoms in total. The molecule has 1 aromatic carbocycles. The predicted molar refractivity (Wildman–Crippen MR) is 65.4 cm³/mol. The SMILES string of the molecule is CNC(c1ccc(Cl)c(OC)c1)C(C(F)(F)F)C(F)(F)F. The van der Waals surface area contributed by atoms with Gasteiger partial charge in [0.25, 0.3) is 0 Å². The van der Waals surface area contributed by atoms with Gasteiger partial charge in [-0.3, -0.25) is 0 Å². The molecule has 0 radical (unpaired) electrons. The fraction of sp³-hybridized carbons (Fsp3) is 0.500. The minimum Gasteiger partial charge on any atom is -0.495 e. The second-order valence-corrected chi connectivity index (χ2v) is 4.63. The summed E-state index contributed by atoms with van der Waals surface area (Å²) in [6.07, 6.45) is -10.9. The average Bonchev–Trinajstić information content (AvgIpc) is 2.33. The molecule has 0 aliphatic heterocycles. The molecular weight excluding hydrogens is 324 g/mol. The third-order valence-electron chi connectivity index (χ3n) is 2.88.